The van der Waals surface area contributed by atoms with E-state index in [2.05, 4.69) is 5.32 Å². The number of sulfonamides is 1. The van der Waals surface area contributed by atoms with Crippen molar-refractivity contribution in [1.29, 1.82) is 0 Å². The first-order chi connectivity index (χ1) is 21.1. The van der Waals surface area contributed by atoms with E-state index in [0.717, 1.165) is 15.4 Å². The number of hydrogen-bond acceptors (Lipinski definition) is 5. The highest BCUT2D eigenvalue weighted by molar-refractivity contribution is 7.92. The van der Waals surface area contributed by atoms with E-state index in [9.17, 15) is 18.0 Å². The smallest absolute Gasteiger partial charge is 0.264 e. The van der Waals surface area contributed by atoms with Gasteiger partial charge in [0.2, 0.25) is 11.8 Å². The van der Waals surface area contributed by atoms with E-state index in [4.69, 9.17) is 27.9 Å². The molecular formula is C33H33Cl2N3O5S. The number of hydrogen-bond donors (Lipinski definition) is 1. The number of amides is 2. The van der Waals surface area contributed by atoms with Gasteiger partial charge in [-0.15, -0.1) is 0 Å². The first-order valence-electron chi connectivity index (χ1n) is 13.9. The molecule has 0 bridgehead atoms. The molecule has 8 nitrogen and oxygen atoms in total. The number of halogens is 2. The molecule has 1 atom stereocenters. The molecule has 1 N–H and O–H groups in total. The summed E-state index contributed by atoms with van der Waals surface area (Å²) in [6.45, 7) is 1.62. The number of carbonyl (C=O) groups excluding carboxylic acids is 2. The molecule has 0 fully saturated rings. The molecule has 0 spiro atoms. The molecule has 4 aromatic rings. The largest absolute Gasteiger partial charge is 0.497 e. The van der Waals surface area contributed by atoms with Gasteiger partial charge in [-0.05, 0) is 78.7 Å². The van der Waals surface area contributed by atoms with Gasteiger partial charge in [-0.3, -0.25) is 13.9 Å². The van der Waals surface area contributed by atoms with Crippen molar-refractivity contribution >= 4 is 50.7 Å². The molecule has 11 heteroatoms. The highest BCUT2D eigenvalue weighted by atomic mass is 35.5. The minimum absolute atomic E-state index is 0.0325. The third-order valence-corrected chi connectivity index (χ3v) is 9.22. The van der Waals surface area contributed by atoms with Crippen molar-refractivity contribution in [2.75, 3.05) is 24.5 Å². The van der Waals surface area contributed by atoms with Gasteiger partial charge in [0.25, 0.3) is 10.0 Å². The van der Waals surface area contributed by atoms with Crippen molar-refractivity contribution in [2.45, 2.75) is 30.8 Å². The zero-order chi connectivity index (χ0) is 31.7. The molecule has 4 rings (SSSR count). The van der Waals surface area contributed by atoms with Gasteiger partial charge in [0, 0.05) is 29.6 Å². The van der Waals surface area contributed by atoms with Crippen LogP contribution in [0.5, 0.6) is 5.75 Å². The van der Waals surface area contributed by atoms with Crippen molar-refractivity contribution in [3.63, 3.8) is 0 Å². The summed E-state index contributed by atoms with van der Waals surface area (Å²) in [6.07, 6.45) is 0.220. The zero-order valence-corrected chi connectivity index (χ0v) is 26.6. The second-order valence-electron chi connectivity index (χ2n) is 9.91. The lowest BCUT2D eigenvalue weighted by Gasteiger charge is -2.33. The summed E-state index contributed by atoms with van der Waals surface area (Å²) in [5.74, 6) is -0.438. The topological polar surface area (TPSA) is 96.0 Å². The fourth-order valence-corrected chi connectivity index (χ4v) is 6.31. The van der Waals surface area contributed by atoms with Crippen LogP contribution in [0.4, 0.5) is 5.69 Å². The lowest BCUT2D eigenvalue weighted by Crippen LogP contribution is -2.53. The number of methoxy groups -OCH3 is 1. The Kier molecular flexibility index (Phi) is 11.3. The average Bonchev–Trinajstić information content (AvgIpc) is 3.03. The molecule has 0 saturated carbocycles. The zero-order valence-electron chi connectivity index (χ0n) is 24.3. The van der Waals surface area contributed by atoms with Gasteiger partial charge in [-0.25, -0.2) is 8.42 Å². The van der Waals surface area contributed by atoms with Gasteiger partial charge in [-0.2, -0.15) is 0 Å². The van der Waals surface area contributed by atoms with Crippen molar-refractivity contribution < 1.29 is 22.7 Å². The normalized spacial score (nSPS) is 11.8. The minimum Gasteiger partial charge on any atom is -0.497 e. The Balaban J connectivity index is 1.78. The van der Waals surface area contributed by atoms with Crippen molar-refractivity contribution in [3.05, 3.63) is 124 Å². The number of nitrogens with zero attached hydrogens (tertiary/aromatic N) is 2. The molecule has 230 valence electrons. The van der Waals surface area contributed by atoms with E-state index in [1.165, 1.54) is 48.4 Å². The van der Waals surface area contributed by atoms with Crippen LogP contribution in [0.15, 0.2) is 108 Å². The summed E-state index contributed by atoms with van der Waals surface area (Å²) in [7, 11) is -2.76. The van der Waals surface area contributed by atoms with Gasteiger partial charge in [0.05, 0.1) is 17.7 Å². The Morgan fingerprint density at radius 3 is 1.98 bits per heavy atom. The van der Waals surface area contributed by atoms with Crippen LogP contribution in [0.2, 0.25) is 10.0 Å². The molecule has 2 amide bonds. The lowest BCUT2D eigenvalue weighted by molar-refractivity contribution is -0.140. The first-order valence-corrected chi connectivity index (χ1v) is 16.1. The van der Waals surface area contributed by atoms with Crippen molar-refractivity contribution in [3.8, 4) is 5.75 Å². The van der Waals surface area contributed by atoms with E-state index in [0.29, 0.717) is 22.3 Å². The number of likely N-dealkylation sites (N-methyl/N-ethyl adjacent to an activating group) is 1. The molecule has 0 aliphatic heterocycles. The third kappa shape index (κ3) is 8.31. The van der Waals surface area contributed by atoms with Crippen LogP contribution < -0.4 is 14.4 Å². The fourth-order valence-electron chi connectivity index (χ4n) is 4.64. The molecular weight excluding hydrogens is 621 g/mol. The van der Waals surface area contributed by atoms with Crippen LogP contribution in [0.1, 0.15) is 18.1 Å². The Morgan fingerprint density at radius 1 is 0.818 bits per heavy atom. The predicted molar refractivity (Wildman–Crippen MR) is 174 cm³/mol. The Morgan fingerprint density at radius 2 is 1.41 bits per heavy atom. The Bertz CT molecular complexity index is 1650. The lowest BCUT2D eigenvalue weighted by atomic mass is 10.0. The summed E-state index contributed by atoms with van der Waals surface area (Å²) < 4.78 is 34.3. The van der Waals surface area contributed by atoms with E-state index in [-0.39, 0.29) is 29.5 Å². The first kappa shape index (κ1) is 32.9. The van der Waals surface area contributed by atoms with Crippen LogP contribution >= 0.6 is 23.2 Å². The van der Waals surface area contributed by atoms with Crippen molar-refractivity contribution in [1.82, 2.24) is 10.2 Å². The molecule has 0 aliphatic carbocycles. The maximum atomic E-state index is 14.4. The minimum atomic E-state index is -4.24. The Labute approximate surface area is 268 Å². The predicted octanol–water partition coefficient (Wildman–Crippen LogP) is 5.97. The number of ether oxygens (including phenoxy) is 1. The average molecular weight is 655 g/mol. The summed E-state index contributed by atoms with van der Waals surface area (Å²) in [5.41, 5.74) is 1.81. The third-order valence-electron chi connectivity index (χ3n) is 6.93. The number of nitrogens with one attached hydrogen (secondary N) is 1. The molecule has 0 heterocycles. The molecule has 0 saturated heterocycles. The van der Waals surface area contributed by atoms with Gasteiger partial charge in [0.15, 0.2) is 0 Å². The van der Waals surface area contributed by atoms with Crippen molar-refractivity contribution in [2.24, 2.45) is 0 Å². The summed E-state index contributed by atoms with van der Waals surface area (Å²) in [6, 6.07) is 27.4. The van der Waals surface area contributed by atoms with Crippen LogP contribution in [0.3, 0.4) is 0 Å². The molecule has 0 radical (unpaired) electrons. The standard InChI is InChI=1S/C33H33Cl2N3O5S/c1-3-36-33(40)31(21-24-7-5-4-6-8-24)37(22-25-9-11-26(34)12-10-25)32(39)23-38(28-15-13-27(35)14-16-28)44(41,42)30-19-17-29(43-2)18-20-30/h4-20,31H,3,21-23H2,1-2H3,(H,36,40)/t31-/m0/s1. The molecule has 4 aromatic carbocycles. The van der Waals surface area contributed by atoms with Crippen LogP contribution in [-0.2, 0) is 32.6 Å². The maximum Gasteiger partial charge on any atom is 0.264 e. The second kappa shape index (κ2) is 15.1. The number of anilines is 1. The monoisotopic (exact) mass is 653 g/mol. The van der Waals surface area contributed by atoms with Crippen LogP contribution in [-0.4, -0.2) is 51.4 Å². The summed E-state index contributed by atoms with van der Waals surface area (Å²) in [5, 5.41) is 3.77. The molecule has 0 aliphatic rings. The molecule has 0 unspecified atom stereocenters. The SMILES string of the molecule is CCNC(=O)[C@H](Cc1ccccc1)N(Cc1ccc(Cl)cc1)C(=O)CN(c1ccc(Cl)cc1)S(=O)(=O)c1ccc(OC)cc1. The van der Waals surface area contributed by atoms with Gasteiger partial charge >= 0.3 is 0 Å². The Hall–Kier alpha value is -4.05. The second-order valence-corrected chi connectivity index (χ2v) is 12.6. The van der Waals surface area contributed by atoms with Gasteiger partial charge < -0.3 is 15.0 Å². The summed E-state index contributed by atoms with van der Waals surface area (Å²) in [4.78, 5) is 29.3. The van der Waals surface area contributed by atoms with Gasteiger partial charge in [0.1, 0.15) is 18.3 Å². The van der Waals surface area contributed by atoms with Crippen LogP contribution in [0.25, 0.3) is 0 Å². The van der Waals surface area contributed by atoms with Gasteiger partial charge in [-0.1, -0.05) is 65.7 Å². The van der Waals surface area contributed by atoms with E-state index in [1.807, 2.05) is 30.3 Å². The van der Waals surface area contributed by atoms with E-state index in [1.54, 1.807) is 43.3 Å². The highest BCUT2D eigenvalue weighted by Crippen LogP contribution is 2.27. The quantitative estimate of drug-likeness (QED) is 0.192. The van der Waals surface area contributed by atoms with E-state index >= 15 is 0 Å². The number of benzene rings is 4. The summed E-state index contributed by atoms with van der Waals surface area (Å²) >= 11 is 12.2. The van der Waals surface area contributed by atoms with E-state index < -0.39 is 28.5 Å². The molecule has 0 aromatic heterocycles. The fraction of sp³-hybridized carbons (Fsp3) is 0.212. The number of rotatable bonds is 13. The highest BCUT2D eigenvalue weighted by Gasteiger charge is 2.34. The molecule has 44 heavy (non-hydrogen) atoms. The number of carbonyl (C=O) groups is 2. The maximum absolute atomic E-state index is 14.4. The van der Waals surface area contributed by atoms with Crippen LogP contribution in [0, 0.1) is 0 Å².